The van der Waals surface area contributed by atoms with Crippen LogP contribution in [-0.2, 0) is 6.61 Å². The Hall–Kier alpha value is -0.930. The fourth-order valence-corrected chi connectivity index (χ4v) is 3.08. The van der Waals surface area contributed by atoms with Gasteiger partial charge in [0, 0.05) is 0 Å². The highest BCUT2D eigenvalue weighted by Gasteiger charge is 2.23. The van der Waals surface area contributed by atoms with Gasteiger partial charge in [-0.3, -0.25) is 0 Å². The molecule has 1 aliphatic carbocycles. The van der Waals surface area contributed by atoms with Gasteiger partial charge in [0.15, 0.2) is 11.5 Å². The highest BCUT2D eigenvalue weighted by Crippen LogP contribution is 2.39. The molecule has 0 aromatic heterocycles. The Kier molecular flexibility index (Phi) is 5.55. The molecule has 1 N–H and O–H groups in total. The van der Waals surface area contributed by atoms with Crippen molar-refractivity contribution >= 4 is 11.6 Å². The summed E-state index contributed by atoms with van der Waals surface area (Å²) in [6.07, 6.45) is 6.04. The predicted octanol–water partition coefficient (Wildman–Crippen LogP) is 4.19. The topological polar surface area (TPSA) is 38.7 Å². The molecule has 0 bridgehead atoms. The van der Waals surface area contributed by atoms with Crippen LogP contribution in [0.25, 0.3) is 0 Å². The third-order valence-electron chi connectivity index (χ3n) is 4.13. The van der Waals surface area contributed by atoms with Crippen molar-refractivity contribution in [3.05, 3.63) is 22.7 Å². The highest BCUT2D eigenvalue weighted by molar-refractivity contribution is 6.32. The number of ether oxygens (including phenoxy) is 2. The van der Waals surface area contributed by atoms with Crippen molar-refractivity contribution in [2.75, 3.05) is 7.11 Å². The molecule has 112 valence electrons. The molecule has 0 radical (unpaired) electrons. The van der Waals surface area contributed by atoms with Crippen molar-refractivity contribution in [1.29, 1.82) is 0 Å². The van der Waals surface area contributed by atoms with E-state index in [-0.39, 0.29) is 12.7 Å². The molecular formula is C16H23ClO3. The molecule has 0 spiro atoms. The first kappa shape index (κ1) is 15.5. The van der Waals surface area contributed by atoms with Crippen LogP contribution in [0.5, 0.6) is 11.5 Å². The van der Waals surface area contributed by atoms with Gasteiger partial charge < -0.3 is 14.6 Å². The second-order valence-electron chi connectivity index (χ2n) is 5.44. The monoisotopic (exact) mass is 298 g/mol. The van der Waals surface area contributed by atoms with Crippen molar-refractivity contribution in [3.8, 4) is 11.5 Å². The van der Waals surface area contributed by atoms with Gasteiger partial charge in [0.25, 0.3) is 0 Å². The zero-order chi connectivity index (χ0) is 14.5. The van der Waals surface area contributed by atoms with E-state index in [1.54, 1.807) is 19.2 Å². The van der Waals surface area contributed by atoms with Gasteiger partial charge in [0.1, 0.15) is 0 Å². The molecular weight excluding hydrogens is 276 g/mol. The van der Waals surface area contributed by atoms with Crippen LogP contribution in [0.3, 0.4) is 0 Å². The Morgan fingerprint density at radius 3 is 2.50 bits per heavy atom. The molecule has 1 aromatic carbocycles. The summed E-state index contributed by atoms with van der Waals surface area (Å²) >= 11 is 6.25. The Labute approximate surface area is 125 Å². The smallest absolute Gasteiger partial charge is 0.180 e. The lowest BCUT2D eigenvalue weighted by Crippen LogP contribution is -2.24. The Balaban J connectivity index is 2.09. The van der Waals surface area contributed by atoms with Crippen LogP contribution >= 0.6 is 11.6 Å². The van der Waals surface area contributed by atoms with E-state index in [1.807, 2.05) is 0 Å². The predicted molar refractivity (Wildman–Crippen MR) is 80.6 cm³/mol. The first-order chi connectivity index (χ1) is 9.67. The third kappa shape index (κ3) is 3.58. The zero-order valence-electron chi connectivity index (χ0n) is 12.2. The quantitative estimate of drug-likeness (QED) is 0.886. The van der Waals surface area contributed by atoms with E-state index in [1.165, 1.54) is 19.3 Å². The highest BCUT2D eigenvalue weighted by atomic mass is 35.5. The van der Waals surface area contributed by atoms with Crippen molar-refractivity contribution < 1.29 is 14.6 Å². The van der Waals surface area contributed by atoms with Crippen LogP contribution in [-0.4, -0.2) is 18.3 Å². The normalized spacial score (nSPS) is 22.6. The fraction of sp³-hybridized carbons (Fsp3) is 0.625. The lowest BCUT2D eigenvalue weighted by molar-refractivity contribution is 0.126. The van der Waals surface area contributed by atoms with Crippen LogP contribution in [0.15, 0.2) is 12.1 Å². The maximum Gasteiger partial charge on any atom is 0.180 e. The minimum Gasteiger partial charge on any atom is -0.493 e. The van der Waals surface area contributed by atoms with Gasteiger partial charge in [-0.2, -0.15) is 0 Å². The van der Waals surface area contributed by atoms with Gasteiger partial charge in [-0.05, 0) is 49.3 Å². The fourth-order valence-electron chi connectivity index (χ4n) is 2.80. The summed E-state index contributed by atoms with van der Waals surface area (Å²) < 4.78 is 11.4. The second kappa shape index (κ2) is 7.19. The summed E-state index contributed by atoms with van der Waals surface area (Å²) in [5, 5.41) is 9.70. The first-order valence-corrected chi connectivity index (χ1v) is 7.69. The summed E-state index contributed by atoms with van der Waals surface area (Å²) in [4.78, 5) is 0. The van der Waals surface area contributed by atoms with Gasteiger partial charge in [0.05, 0.1) is 24.8 Å². The van der Waals surface area contributed by atoms with E-state index in [9.17, 15) is 5.11 Å². The molecule has 1 aromatic rings. The Bertz CT molecular complexity index is 440. The number of benzene rings is 1. The molecule has 0 aliphatic heterocycles. The minimum absolute atomic E-state index is 0.0576. The molecule has 3 nitrogen and oxygen atoms in total. The van der Waals surface area contributed by atoms with Gasteiger partial charge in [-0.15, -0.1) is 0 Å². The second-order valence-corrected chi connectivity index (χ2v) is 5.84. The summed E-state index contributed by atoms with van der Waals surface area (Å²) in [5.41, 5.74) is 0.730. The maximum absolute atomic E-state index is 9.20. The van der Waals surface area contributed by atoms with Crippen molar-refractivity contribution in [1.82, 2.24) is 0 Å². The van der Waals surface area contributed by atoms with Gasteiger partial charge in [-0.25, -0.2) is 0 Å². The summed E-state index contributed by atoms with van der Waals surface area (Å²) in [6, 6.07) is 3.51. The standard InChI is InChI=1S/C16H23ClO3/c1-3-11-4-6-13(7-5-11)20-16-14(17)8-12(10-18)9-15(16)19-2/h8-9,11,13,18H,3-7,10H2,1-2H3. The van der Waals surface area contributed by atoms with E-state index in [0.717, 1.165) is 24.3 Å². The molecule has 1 aliphatic rings. The number of aliphatic hydroxyl groups excluding tert-OH is 1. The lowest BCUT2D eigenvalue weighted by Gasteiger charge is -2.29. The lowest BCUT2D eigenvalue weighted by atomic mass is 9.86. The van der Waals surface area contributed by atoms with E-state index in [0.29, 0.717) is 16.5 Å². The number of methoxy groups -OCH3 is 1. The third-order valence-corrected chi connectivity index (χ3v) is 4.41. The van der Waals surface area contributed by atoms with E-state index >= 15 is 0 Å². The molecule has 2 rings (SSSR count). The van der Waals surface area contributed by atoms with Crippen LogP contribution in [0.2, 0.25) is 5.02 Å². The van der Waals surface area contributed by atoms with E-state index < -0.39 is 0 Å². The summed E-state index contributed by atoms with van der Waals surface area (Å²) in [5.74, 6) is 2.04. The van der Waals surface area contributed by atoms with Gasteiger partial charge in [-0.1, -0.05) is 24.9 Å². The van der Waals surface area contributed by atoms with Crippen LogP contribution < -0.4 is 9.47 Å². The zero-order valence-corrected chi connectivity index (χ0v) is 12.9. The number of halogens is 1. The minimum atomic E-state index is -0.0576. The van der Waals surface area contributed by atoms with E-state index in [2.05, 4.69) is 6.92 Å². The molecule has 0 saturated heterocycles. The number of aliphatic hydroxyl groups is 1. The summed E-state index contributed by atoms with van der Waals surface area (Å²) in [7, 11) is 1.59. The average molecular weight is 299 g/mol. The van der Waals surface area contributed by atoms with Crippen molar-refractivity contribution in [2.24, 2.45) is 5.92 Å². The van der Waals surface area contributed by atoms with Gasteiger partial charge >= 0.3 is 0 Å². The van der Waals surface area contributed by atoms with Crippen molar-refractivity contribution in [3.63, 3.8) is 0 Å². The molecule has 1 fully saturated rings. The Morgan fingerprint density at radius 2 is 1.95 bits per heavy atom. The number of hydrogen-bond donors (Lipinski definition) is 1. The van der Waals surface area contributed by atoms with Crippen LogP contribution in [0.1, 0.15) is 44.6 Å². The average Bonchev–Trinajstić information content (AvgIpc) is 2.49. The SMILES string of the molecule is CCC1CCC(Oc2c(Cl)cc(CO)cc2OC)CC1. The molecule has 4 heteroatoms. The number of hydrogen-bond acceptors (Lipinski definition) is 3. The van der Waals surface area contributed by atoms with Gasteiger partial charge in [0.2, 0.25) is 0 Å². The maximum atomic E-state index is 9.20. The van der Waals surface area contributed by atoms with E-state index in [4.69, 9.17) is 21.1 Å². The van der Waals surface area contributed by atoms with Crippen LogP contribution in [0.4, 0.5) is 0 Å². The Morgan fingerprint density at radius 1 is 1.25 bits per heavy atom. The van der Waals surface area contributed by atoms with Crippen LogP contribution in [0, 0.1) is 5.92 Å². The molecule has 1 saturated carbocycles. The largest absolute Gasteiger partial charge is 0.493 e. The molecule has 0 amide bonds. The summed E-state index contributed by atoms with van der Waals surface area (Å²) in [6.45, 7) is 2.19. The molecule has 0 atom stereocenters. The molecule has 20 heavy (non-hydrogen) atoms. The van der Waals surface area contributed by atoms with Crippen molar-refractivity contribution in [2.45, 2.75) is 51.7 Å². The first-order valence-electron chi connectivity index (χ1n) is 7.31. The number of rotatable bonds is 5. The molecule has 0 unspecified atom stereocenters. The molecule has 0 heterocycles.